The zero-order valence-corrected chi connectivity index (χ0v) is 12.1. The molecular weight excluding hydrogens is 264 g/mol. The van der Waals surface area contributed by atoms with Gasteiger partial charge in [0.05, 0.1) is 0 Å². The second-order valence-corrected chi connectivity index (χ2v) is 6.79. The Morgan fingerprint density at radius 3 is 2.62 bits per heavy atom. The molecule has 0 aromatic carbocycles. The van der Waals surface area contributed by atoms with E-state index in [9.17, 15) is 0 Å². The molecule has 4 heterocycles. The van der Waals surface area contributed by atoms with Crippen molar-refractivity contribution in [2.75, 3.05) is 31.1 Å². The summed E-state index contributed by atoms with van der Waals surface area (Å²) in [7, 11) is 0. The van der Waals surface area contributed by atoms with Gasteiger partial charge in [-0.3, -0.25) is 4.90 Å². The van der Waals surface area contributed by atoms with Crippen LogP contribution in [0, 0.1) is 11.8 Å². The zero-order valence-electron chi connectivity index (χ0n) is 12.1. The lowest BCUT2D eigenvalue weighted by Crippen LogP contribution is -2.59. The van der Waals surface area contributed by atoms with E-state index >= 15 is 0 Å². The highest BCUT2D eigenvalue weighted by Crippen LogP contribution is 2.39. The van der Waals surface area contributed by atoms with Crippen LogP contribution in [-0.4, -0.2) is 56.9 Å². The highest BCUT2D eigenvalue weighted by molar-refractivity contribution is 5.47. The highest BCUT2D eigenvalue weighted by atomic mass is 15.4. The first-order valence-corrected chi connectivity index (χ1v) is 8.03. The normalized spacial score (nSPS) is 30.0. The second kappa shape index (κ2) is 4.40. The molecule has 2 unspecified atom stereocenters. The van der Waals surface area contributed by atoms with E-state index in [0.717, 1.165) is 42.4 Å². The molecule has 0 amide bonds. The van der Waals surface area contributed by atoms with Crippen molar-refractivity contribution in [1.29, 1.82) is 0 Å². The third kappa shape index (κ3) is 1.85. The lowest BCUT2D eigenvalue weighted by molar-refractivity contribution is 0.189. The Morgan fingerprint density at radius 2 is 1.81 bits per heavy atom. The van der Waals surface area contributed by atoms with Crippen LogP contribution in [0.3, 0.4) is 0 Å². The summed E-state index contributed by atoms with van der Waals surface area (Å²) < 4.78 is 1.75. The number of hydrogen-bond donors (Lipinski definition) is 0. The van der Waals surface area contributed by atoms with E-state index in [4.69, 9.17) is 0 Å². The third-order valence-electron chi connectivity index (χ3n) is 5.60. The molecule has 0 radical (unpaired) electrons. The van der Waals surface area contributed by atoms with E-state index in [-0.39, 0.29) is 0 Å². The molecule has 0 spiro atoms. The molecule has 6 nitrogen and oxygen atoms in total. The molecule has 21 heavy (non-hydrogen) atoms. The second-order valence-electron chi connectivity index (χ2n) is 6.79. The molecule has 2 aromatic heterocycles. The van der Waals surface area contributed by atoms with Gasteiger partial charge in [-0.2, -0.15) is 4.52 Å². The van der Waals surface area contributed by atoms with Crippen LogP contribution >= 0.6 is 0 Å². The van der Waals surface area contributed by atoms with Crippen LogP contribution in [0.25, 0.3) is 5.65 Å². The van der Waals surface area contributed by atoms with Crippen molar-refractivity contribution in [2.45, 2.75) is 25.3 Å². The maximum absolute atomic E-state index is 4.57. The van der Waals surface area contributed by atoms with E-state index in [1.54, 1.807) is 10.8 Å². The molecule has 5 rings (SSSR count). The molecule has 2 aliphatic heterocycles. The molecule has 0 bridgehead atoms. The maximum atomic E-state index is 4.57. The predicted molar refractivity (Wildman–Crippen MR) is 79.2 cm³/mol. The summed E-state index contributed by atoms with van der Waals surface area (Å²) in [5.41, 5.74) is 0.809. The SMILES string of the molecule is c1cc2nncn2nc1N1CC(N2CC3CCCC3C2)C1. The van der Waals surface area contributed by atoms with Gasteiger partial charge in [0.2, 0.25) is 0 Å². The zero-order chi connectivity index (χ0) is 13.8. The highest BCUT2D eigenvalue weighted by Gasteiger charge is 2.42. The van der Waals surface area contributed by atoms with Gasteiger partial charge >= 0.3 is 0 Å². The quantitative estimate of drug-likeness (QED) is 0.825. The van der Waals surface area contributed by atoms with E-state index in [0.29, 0.717) is 0 Å². The van der Waals surface area contributed by atoms with Gasteiger partial charge in [-0.15, -0.1) is 15.3 Å². The monoisotopic (exact) mass is 284 g/mol. The molecule has 1 saturated carbocycles. The van der Waals surface area contributed by atoms with E-state index in [1.807, 2.05) is 6.07 Å². The van der Waals surface area contributed by atoms with Crippen molar-refractivity contribution in [3.05, 3.63) is 18.5 Å². The van der Waals surface area contributed by atoms with Crippen LogP contribution in [0.4, 0.5) is 5.82 Å². The molecule has 2 atom stereocenters. The summed E-state index contributed by atoms with van der Waals surface area (Å²) in [6.45, 7) is 4.89. The minimum Gasteiger partial charge on any atom is -0.352 e. The van der Waals surface area contributed by atoms with Crippen LogP contribution in [0.2, 0.25) is 0 Å². The van der Waals surface area contributed by atoms with Crippen LogP contribution in [0.5, 0.6) is 0 Å². The fourth-order valence-corrected chi connectivity index (χ4v) is 4.33. The van der Waals surface area contributed by atoms with Crippen molar-refractivity contribution in [3.8, 4) is 0 Å². The number of anilines is 1. The Bertz CT molecular complexity index is 649. The summed E-state index contributed by atoms with van der Waals surface area (Å²) in [6, 6.07) is 4.77. The first-order valence-electron chi connectivity index (χ1n) is 8.03. The molecule has 1 aliphatic carbocycles. The van der Waals surface area contributed by atoms with Crippen LogP contribution in [0.1, 0.15) is 19.3 Å². The molecule has 110 valence electrons. The summed E-state index contributed by atoms with van der Waals surface area (Å²) >= 11 is 0. The number of aromatic nitrogens is 4. The predicted octanol–water partition coefficient (Wildman–Crippen LogP) is 1.04. The van der Waals surface area contributed by atoms with E-state index in [1.165, 1.54) is 32.4 Å². The minimum atomic E-state index is 0.731. The fourth-order valence-electron chi connectivity index (χ4n) is 4.33. The van der Waals surface area contributed by atoms with Crippen molar-refractivity contribution in [3.63, 3.8) is 0 Å². The molecule has 0 N–H and O–H groups in total. The van der Waals surface area contributed by atoms with Gasteiger partial charge in [-0.25, -0.2) is 0 Å². The first kappa shape index (κ1) is 11.9. The number of nitrogens with zero attached hydrogens (tertiary/aromatic N) is 6. The van der Waals surface area contributed by atoms with Crippen molar-refractivity contribution in [1.82, 2.24) is 24.7 Å². The topological polar surface area (TPSA) is 49.6 Å². The average molecular weight is 284 g/mol. The summed E-state index contributed by atoms with van der Waals surface area (Å²) in [5, 5.41) is 12.5. The van der Waals surface area contributed by atoms with Gasteiger partial charge < -0.3 is 4.90 Å². The lowest BCUT2D eigenvalue weighted by Gasteiger charge is -2.45. The molecule has 2 aromatic rings. The van der Waals surface area contributed by atoms with E-state index < -0.39 is 0 Å². The van der Waals surface area contributed by atoms with Gasteiger partial charge in [0, 0.05) is 32.2 Å². The van der Waals surface area contributed by atoms with Gasteiger partial charge in [-0.05, 0) is 36.8 Å². The number of likely N-dealkylation sites (tertiary alicyclic amines) is 1. The van der Waals surface area contributed by atoms with Crippen LogP contribution in [-0.2, 0) is 0 Å². The summed E-state index contributed by atoms with van der Waals surface area (Å²) in [4.78, 5) is 5.08. The number of fused-ring (bicyclic) bond motifs is 2. The van der Waals surface area contributed by atoms with Gasteiger partial charge in [0.25, 0.3) is 0 Å². The Balaban J connectivity index is 1.26. The Kier molecular flexibility index (Phi) is 2.50. The Labute approximate surface area is 123 Å². The fraction of sp³-hybridized carbons (Fsp3) is 0.667. The van der Waals surface area contributed by atoms with Crippen molar-refractivity contribution < 1.29 is 0 Å². The largest absolute Gasteiger partial charge is 0.352 e. The molecule has 3 fully saturated rings. The molecule has 3 aliphatic rings. The van der Waals surface area contributed by atoms with Crippen LogP contribution in [0.15, 0.2) is 18.5 Å². The number of rotatable bonds is 2. The van der Waals surface area contributed by atoms with E-state index in [2.05, 4.69) is 31.2 Å². The van der Waals surface area contributed by atoms with Crippen molar-refractivity contribution >= 4 is 11.5 Å². The first-order chi connectivity index (χ1) is 10.4. The van der Waals surface area contributed by atoms with Gasteiger partial charge in [0.15, 0.2) is 5.65 Å². The Hall–Kier alpha value is -1.69. The molecular formula is C15H20N6. The van der Waals surface area contributed by atoms with Crippen LogP contribution < -0.4 is 4.90 Å². The lowest BCUT2D eigenvalue weighted by atomic mass is 10.0. The smallest absolute Gasteiger partial charge is 0.177 e. The summed E-state index contributed by atoms with van der Waals surface area (Å²) in [5.74, 6) is 3.02. The average Bonchev–Trinajstić information content (AvgIpc) is 3.10. The summed E-state index contributed by atoms with van der Waals surface area (Å²) in [6.07, 6.45) is 6.05. The molecule has 6 heteroatoms. The van der Waals surface area contributed by atoms with Gasteiger partial charge in [-0.1, -0.05) is 6.42 Å². The molecule has 2 saturated heterocycles. The number of hydrogen-bond acceptors (Lipinski definition) is 5. The van der Waals surface area contributed by atoms with Gasteiger partial charge in [0.1, 0.15) is 12.1 Å². The van der Waals surface area contributed by atoms with Crippen molar-refractivity contribution in [2.24, 2.45) is 11.8 Å². The Morgan fingerprint density at radius 1 is 1.00 bits per heavy atom. The maximum Gasteiger partial charge on any atom is 0.177 e. The minimum absolute atomic E-state index is 0.731. The third-order valence-corrected chi connectivity index (χ3v) is 5.60. The standard InChI is InChI=1S/C15H20N6/c1-2-11-6-19(7-12(11)3-1)13-8-20(9-13)15-5-4-14-17-16-10-21(14)18-15/h4-5,10-13H,1-3,6-9H2.